The molecule has 0 saturated carbocycles. The van der Waals surface area contributed by atoms with E-state index in [-0.39, 0.29) is 0 Å². The van der Waals surface area contributed by atoms with Crippen molar-refractivity contribution in [2.45, 2.75) is 0 Å². The molecule has 0 aliphatic heterocycles. The molecule has 1 rings (SSSR count). The minimum absolute atomic E-state index is 0.726. The zero-order chi connectivity index (χ0) is 9.52. The SMILES string of the molecule is CNCC#Cc1cccc(NC)c1. The number of nitrogens with one attached hydrogen (secondary N) is 2. The first kappa shape index (κ1) is 9.63. The highest BCUT2D eigenvalue weighted by Crippen LogP contribution is 2.07. The van der Waals surface area contributed by atoms with Gasteiger partial charge in [-0.25, -0.2) is 0 Å². The third-order valence-electron chi connectivity index (χ3n) is 1.65. The van der Waals surface area contributed by atoms with Crippen molar-refractivity contribution in [1.29, 1.82) is 0 Å². The summed E-state index contributed by atoms with van der Waals surface area (Å²) in [5.74, 6) is 6.08. The lowest BCUT2D eigenvalue weighted by Gasteiger charge is -1.98. The number of anilines is 1. The van der Waals surface area contributed by atoms with Gasteiger partial charge in [0.05, 0.1) is 6.54 Å². The zero-order valence-corrected chi connectivity index (χ0v) is 8.02. The van der Waals surface area contributed by atoms with E-state index < -0.39 is 0 Å². The van der Waals surface area contributed by atoms with E-state index in [1.165, 1.54) is 0 Å². The van der Waals surface area contributed by atoms with Crippen LogP contribution in [0.2, 0.25) is 0 Å². The molecular weight excluding hydrogens is 160 g/mol. The van der Waals surface area contributed by atoms with Gasteiger partial charge in [0.15, 0.2) is 0 Å². The third kappa shape index (κ3) is 3.18. The van der Waals surface area contributed by atoms with Gasteiger partial charge in [-0.15, -0.1) is 0 Å². The maximum Gasteiger partial charge on any atom is 0.0577 e. The summed E-state index contributed by atoms with van der Waals surface area (Å²) in [5.41, 5.74) is 2.14. The van der Waals surface area contributed by atoms with Crippen LogP contribution in [0.1, 0.15) is 5.56 Å². The van der Waals surface area contributed by atoms with Crippen molar-refractivity contribution in [3.63, 3.8) is 0 Å². The monoisotopic (exact) mass is 174 g/mol. The van der Waals surface area contributed by atoms with E-state index in [4.69, 9.17) is 0 Å². The van der Waals surface area contributed by atoms with E-state index in [2.05, 4.69) is 22.5 Å². The highest BCUT2D eigenvalue weighted by atomic mass is 14.8. The minimum Gasteiger partial charge on any atom is -0.388 e. The van der Waals surface area contributed by atoms with Crippen molar-refractivity contribution in [2.24, 2.45) is 0 Å². The van der Waals surface area contributed by atoms with Gasteiger partial charge < -0.3 is 10.6 Å². The smallest absolute Gasteiger partial charge is 0.0577 e. The Kier molecular flexibility index (Phi) is 3.87. The molecule has 0 amide bonds. The van der Waals surface area contributed by atoms with Crippen LogP contribution in [0.3, 0.4) is 0 Å². The molecule has 0 spiro atoms. The third-order valence-corrected chi connectivity index (χ3v) is 1.65. The van der Waals surface area contributed by atoms with Crippen molar-refractivity contribution in [2.75, 3.05) is 26.0 Å². The van der Waals surface area contributed by atoms with Crippen LogP contribution in [0.15, 0.2) is 24.3 Å². The van der Waals surface area contributed by atoms with Crippen molar-refractivity contribution in [1.82, 2.24) is 5.32 Å². The molecule has 13 heavy (non-hydrogen) atoms. The van der Waals surface area contributed by atoms with Gasteiger partial charge in [0.2, 0.25) is 0 Å². The highest BCUT2D eigenvalue weighted by Gasteiger charge is 1.88. The molecule has 0 atom stereocenters. The first-order valence-electron chi connectivity index (χ1n) is 4.28. The molecule has 0 fully saturated rings. The van der Waals surface area contributed by atoms with Gasteiger partial charge >= 0.3 is 0 Å². The van der Waals surface area contributed by atoms with Gasteiger partial charge in [0.1, 0.15) is 0 Å². The fourth-order valence-corrected chi connectivity index (χ4v) is 0.987. The summed E-state index contributed by atoms with van der Waals surface area (Å²) >= 11 is 0. The molecule has 0 aliphatic carbocycles. The molecule has 2 heteroatoms. The molecular formula is C11H14N2. The fraction of sp³-hybridized carbons (Fsp3) is 0.273. The Labute approximate surface area is 79.4 Å². The normalized spacial score (nSPS) is 8.77. The molecule has 0 radical (unpaired) electrons. The molecule has 1 aromatic rings. The van der Waals surface area contributed by atoms with E-state index >= 15 is 0 Å². The largest absolute Gasteiger partial charge is 0.388 e. The Morgan fingerprint density at radius 2 is 2.15 bits per heavy atom. The summed E-state index contributed by atoms with van der Waals surface area (Å²) in [4.78, 5) is 0. The van der Waals surface area contributed by atoms with E-state index in [0.717, 1.165) is 17.8 Å². The van der Waals surface area contributed by atoms with E-state index in [0.29, 0.717) is 0 Å². The Morgan fingerprint density at radius 3 is 2.85 bits per heavy atom. The molecule has 0 heterocycles. The maximum atomic E-state index is 3.07. The Hall–Kier alpha value is -1.46. The second-order valence-electron chi connectivity index (χ2n) is 2.66. The van der Waals surface area contributed by atoms with Crippen molar-refractivity contribution < 1.29 is 0 Å². The van der Waals surface area contributed by atoms with Gasteiger partial charge in [-0.05, 0) is 25.2 Å². The fourth-order valence-electron chi connectivity index (χ4n) is 0.987. The van der Waals surface area contributed by atoms with E-state index in [9.17, 15) is 0 Å². The van der Waals surface area contributed by atoms with Crippen LogP contribution in [0, 0.1) is 11.8 Å². The van der Waals surface area contributed by atoms with Crippen molar-refractivity contribution in [3.05, 3.63) is 29.8 Å². The molecule has 2 nitrogen and oxygen atoms in total. The first-order chi connectivity index (χ1) is 6.36. The van der Waals surface area contributed by atoms with Gasteiger partial charge in [-0.3, -0.25) is 0 Å². The molecule has 0 aromatic heterocycles. The lowest BCUT2D eigenvalue weighted by atomic mass is 10.2. The van der Waals surface area contributed by atoms with Gasteiger partial charge in [-0.1, -0.05) is 17.9 Å². The lowest BCUT2D eigenvalue weighted by Crippen LogP contribution is -2.04. The zero-order valence-electron chi connectivity index (χ0n) is 8.02. The quantitative estimate of drug-likeness (QED) is 0.660. The highest BCUT2D eigenvalue weighted by molar-refractivity contribution is 5.49. The number of benzene rings is 1. The molecule has 68 valence electrons. The van der Waals surface area contributed by atoms with Gasteiger partial charge in [0.25, 0.3) is 0 Å². The van der Waals surface area contributed by atoms with Crippen LogP contribution < -0.4 is 10.6 Å². The van der Waals surface area contributed by atoms with E-state index in [1.54, 1.807) is 0 Å². The predicted molar refractivity (Wildman–Crippen MR) is 56.8 cm³/mol. The molecule has 0 saturated heterocycles. The topological polar surface area (TPSA) is 24.1 Å². The van der Waals surface area contributed by atoms with Crippen LogP contribution in [0.5, 0.6) is 0 Å². The average molecular weight is 174 g/mol. The Bertz CT molecular complexity index is 320. The summed E-state index contributed by atoms with van der Waals surface area (Å²) in [6, 6.07) is 8.05. The number of rotatable bonds is 2. The Balaban J connectivity index is 2.73. The van der Waals surface area contributed by atoms with Crippen LogP contribution >= 0.6 is 0 Å². The average Bonchev–Trinajstić information content (AvgIpc) is 2.19. The maximum absolute atomic E-state index is 3.07. The molecule has 0 unspecified atom stereocenters. The Morgan fingerprint density at radius 1 is 1.31 bits per heavy atom. The standard InChI is InChI=1S/C11H14N2/c1-12-8-4-6-10-5-3-7-11(9-10)13-2/h3,5,7,9,12-13H,8H2,1-2H3. The van der Waals surface area contributed by atoms with Crippen molar-refractivity contribution >= 4 is 5.69 Å². The van der Waals surface area contributed by atoms with Crippen LogP contribution in [0.4, 0.5) is 5.69 Å². The predicted octanol–water partition coefficient (Wildman–Crippen LogP) is 1.30. The van der Waals surface area contributed by atoms with Gasteiger partial charge in [-0.2, -0.15) is 0 Å². The number of hydrogen-bond donors (Lipinski definition) is 2. The summed E-state index contributed by atoms with van der Waals surface area (Å²) in [6.07, 6.45) is 0. The molecule has 0 aliphatic rings. The molecule has 0 bridgehead atoms. The van der Waals surface area contributed by atoms with Crippen molar-refractivity contribution in [3.8, 4) is 11.8 Å². The minimum atomic E-state index is 0.726. The van der Waals surface area contributed by atoms with Crippen LogP contribution in [0.25, 0.3) is 0 Å². The van der Waals surface area contributed by atoms with Crippen LogP contribution in [-0.2, 0) is 0 Å². The van der Waals surface area contributed by atoms with E-state index in [1.807, 2.05) is 38.4 Å². The van der Waals surface area contributed by atoms with Gasteiger partial charge in [0, 0.05) is 18.3 Å². The molecule has 1 aromatic carbocycles. The summed E-state index contributed by atoms with van der Waals surface area (Å²) < 4.78 is 0. The lowest BCUT2D eigenvalue weighted by molar-refractivity contribution is 0.938. The molecule has 2 N–H and O–H groups in total. The number of hydrogen-bond acceptors (Lipinski definition) is 2. The summed E-state index contributed by atoms with van der Waals surface area (Å²) in [5, 5.41) is 6.05. The first-order valence-corrected chi connectivity index (χ1v) is 4.28. The summed E-state index contributed by atoms with van der Waals surface area (Å²) in [7, 11) is 3.79. The second kappa shape index (κ2) is 5.23. The summed E-state index contributed by atoms with van der Waals surface area (Å²) in [6.45, 7) is 0.726. The second-order valence-corrected chi connectivity index (χ2v) is 2.66. The van der Waals surface area contributed by atoms with Crippen LogP contribution in [-0.4, -0.2) is 20.6 Å².